The summed E-state index contributed by atoms with van der Waals surface area (Å²) in [6.45, 7) is 0. The fourth-order valence-corrected chi connectivity index (χ4v) is 6.89. The van der Waals surface area contributed by atoms with E-state index in [9.17, 15) is 11.0 Å². The first kappa shape index (κ1) is 17.2. The molecule has 56 heavy (non-hydrogen) atoms. The van der Waals surface area contributed by atoms with Crippen LogP contribution in [0.1, 0.15) is 28.8 Å². The summed E-state index contributed by atoms with van der Waals surface area (Å²) in [5, 5.41) is 0.534. The van der Waals surface area contributed by atoms with Crippen LogP contribution in [0.3, 0.4) is 0 Å². The van der Waals surface area contributed by atoms with Crippen molar-refractivity contribution in [2.45, 2.75) is 0 Å². The third kappa shape index (κ3) is 5.21. The first-order valence-corrected chi connectivity index (χ1v) is 17.2. The molecule has 0 bridgehead atoms. The minimum Gasteiger partial charge on any atom is -0.309 e. The number of rotatable bonds is 6. The molecule has 0 saturated carbocycles. The quantitative estimate of drug-likeness (QED) is 0.171. The summed E-state index contributed by atoms with van der Waals surface area (Å²) in [4.78, 5) is 14.4. The van der Waals surface area contributed by atoms with Gasteiger partial charge in [-0.2, -0.15) is 9.97 Å². The third-order valence-electron chi connectivity index (χ3n) is 9.35. The summed E-state index contributed by atoms with van der Waals surface area (Å²) in [6.07, 6.45) is 0. The van der Waals surface area contributed by atoms with Gasteiger partial charge < -0.3 is 4.57 Å². The van der Waals surface area contributed by atoms with E-state index >= 15 is 0 Å². The minimum absolute atomic E-state index is 0.322. The number of aromatic nitrogens is 5. The minimum atomic E-state index is -0.890. The van der Waals surface area contributed by atoms with Crippen LogP contribution < -0.4 is 0 Å². The predicted octanol–water partition coefficient (Wildman–Crippen LogP) is 12.7. The second-order valence-electron chi connectivity index (χ2n) is 12.5. The van der Waals surface area contributed by atoms with E-state index in [-0.39, 0.29) is 5.95 Å². The van der Waals surface area contributed by atoms with Gasteiger partial charge in [0, 0.05) is 32.7 Å². The molecule has 3 aromatic heterocycles. The van der Waals surface area contributed by atoms with E-state index in [1.54, 1.807) is 22.8 Å². The molecular weight excluding hydrogens is 683 g/mol. The summed E-state index contributed by atoms with van der Waals surface area (Å²) in [5.41, 5.74) is -1.70. The molecule has 0 radical (unpaired) electrons. The Hall–Kier alpha value is -7.63. The molecule has 0 aliphatic heterocycles. The zero-order valence-corrected chi connectivity index (χ0v) is 28.7. The van der Waals surface area contributed by atoms with Crippen LogP contribution in [-0.2, 0) is 0 Å². The topological polar surface area (TPSA) is 48.5 Å². The fourth-order valence-electron chi connectivity index (χ4n) is 6.89. The summed E-state index contributed by atoms with van der Waals surface area (Å²) < 4.78 is 190. The SMILES string of the molecule is [2H]c1c([2H])c([2H])c(-c2c([2H])c([2H])c(-c3nc(-c4c([2H])c([2H])c([2H])c([2H])c4-n4c5c([2H])c([2H])c([2H])c([2H])c5c5c([2H])c([2H])c([2H])c([2H])c54)nc(-n4c5ccccc5c5ccc(-c6ccccc6)cc54)n3)c([2H])c2[2H])c([2H])c1[2H]. The fraction of sp³-hybridized carbons (Fsp3) is 0. The number of fused-ring (bicyclic) bond motifs is 6. The number of para-hydroxylation sites is 4. The van der Waals surface area contributed by atoms with E-state index in [0.717, 1.165) is 15.7 Å². The molecular formula is C51H33N5. The molecule has 262 valence electrons. The van der Waals surface area contributed by atoms with Gasteiger partial charge in [0.05, 0.1) is 56.5 Å². The maximum absolute atomic E-state index is 9.62. The Labute approximate surface area is 353 Å². The van der Waals surface area contributed by atoms with Crippen LogP contribution in [0.4, 0.5) is 0 Å². The Kier molecular flexibility index (Phi) is 4.01. The van der Waals surface area contributed by atoms with Crippen molar-refractivity contribution in [1.29, 1.82) is 0 Å². The van der Waals surface area contributed by atoms with E-state index in [4.69, 9.17) is 27.8 Å². The van der Waals surface area contributed by atoms with Gasteiger partial charge in [0.15, 0.2) is 11.6 Å². The van der Waals surface area contributed by atoms with Gasteiger partial charge in [0.2, 0.25) is 5.95 Å². The van der Waals surface area contributed by atoms with Crippen molar-refractivity contribution >= 4 is 43.6 Å². The lowest BCUT2D eigenvalue weighted by Gasteiger charge is -2.15. The molecule has 8 aromatic carbocycles. The molecule has 0 saturated heterocycles. The van der Waals surface area contributed by atoms with E-state index in [0.29, 0.717) is 21.8 Å². The van der Waals surface area contributed by atoms with Crippen LogP contribution in [0.5, 0.6) is 0 Å². The van der Waals surface area contributed by atoms with Crippen LogP contribution in [0.2, 0.25) is 0 Å². The smallest absolute Gasteiger partial charge is 0.238 e. The van der Waals surface area contributed by atoms with Crippen LogP contribution in [0.15, 0.2) is 200 Å². The highest BCUT2D eigenvalue weighted by atomic mass is 15.2. The monoisotopic (exact) mass is 736 g/mol. The highest BCUT2D eigenvalue weighted by Crippen LogP contribution is 2.38. The van der Waals surface area contributed by atoms with Gasteiger partial charge in [-0.05, 0) is 58.6 Å². The Morgan fingerprint density at radius 1 is 0.357 bits per heavy atom. The van der Waals surface area contributed by atoms with Gasteiger partial charge >= 0.3 is 0 Å². The molecule has 0 amide bonds. The Morgan fingerprint density at radius 3 is 1.75 bits per heavy atom. The zero-order valence-electron chi connectivity index (χ0n) is 49.7. The summed E-state index contributed by atoms with van der Waals surface area (Å²) in [6, 6.07) is 4.91. The Morgan fingerprint density at radius 2 is 0.964 bits per heavy atom. The largest absolute Gasteiger partial charge is 0.309 e. The summed E-state index contributed by atoms with van der Waals surface area (Å²) in [5.74, 6) is -1.61. The standard InChI is InChI=1S/C51H33N5/c1-3-15-34(16-4-1)36-27-29-37(30-28-36)49-52-50(43-22-10-14-26-47(43)55-44-23-11-7-19-39(44)40-20-8-12-24-45(40)55)54-51(53-49)56-46-25-13-9-21-41(46)42-32-31-38(33-48(42)56)35-17-5-2-6-18-35/h1-33H/i1D,3D,4D,7D,8D,10D,11D,12D,14D,15D,16D,19D,20D,22D,23D,24D,26D,27D,28D,29D,30D. The first-order chi connectivity index (χ1) is 36.5. The Bertz CT molecular complexity index is 4340. The lowest BCUT2D eigenvalue weighted by molar-refractivity contribution is 0.952. The lowest BCUT2D eigenvalue weighted by Crippen LogP contribution is -2.08. The molecule has 0 atom stereocenters. The van der Waals surface area contributed by atoms with Crippen molar-refractivity contribution in [2.24, 2.45) is 0 Å². The Balaban J connectivity index is 1.33. The van der Waals surface area contributed by atoms with Crippen LogP contribution in [0.25, 0.3) is 100 Å². The maximum atomic E-state index is 9.62. The lowest BCUT2D eigenvalue weighted by atomic mass is 10.0. The van der Waals surface area contributed by atoms with E-state index in [2.05, 4.69) is 4.98 Å². The predicted molar refractivity (Wildman–Crippen MR) is 230 cm³/mol. The molecule has 0 fully saturated rings. The molecule has 5 nitrogen and oxygen atoms in total. The number of benzene rings is 8. The van der Waals surface area contributed by atoms with Crippen molar-refractivity contribution in [1.82, 2.24) is 24.1 Å². The summed E-state index contributed by atoms with van der Waals surface area (Å²) in [7, 11) is 0. The molecule has 11 aromatic rings. The molecule has 11 rings (SSSR count). The first-order valence-electron chi connectivity index (χ1n) is 27.7. The molecule has 0 aliphatic carbocycles. The number of hydrogen-bond donors (Lipinski definition) is 0. The van der Waals surface area contributed by atoms with E-state index in [1.807, 2.05) is 54.6 Å². The van der Waals surface area contributed by atoms with Gasteiger partial charge in [0.1, 0.15) is 0 Å². The molecule has 3 heterocycles. The number of hydrogen-bond acceptors (Lipinski definition) is 3. The van der Waals surface area contributed by atoms with Gasteiger partial charge in [-0.15, -0.1) is 0 Å². The van der Waals surface area contributed by atoms with Crippen molar-refractivity contribution in [2.75, 3.05) is 0 Å². The second-order valence-corrected chi connectivity index (χ2v) is 12.5. The third-order valence-corrected chi connectivity index (χ3v) is 9.35. The highest BCUT2D eigenvalue weighted by Gasteiger charge is 2.21. The zero-order chi connectivity index (χ0) is 55.3. The van der Waals surface area contributed by atoms with E-state index < -0.39 is 188 Å². The van der Waals surface area contributed by atoms with Crippen LogP contribution in [0, 0.1) is 0 Å². The van der Waals surface area contributed by atoms with Crippen LogP contribution in [-0.4, -0.2) is 24.1 Å². The molecule has 0 N–H and O–H groups in total. The molecule has 0 aliphatic rings. The normalized spacial score (nSPS) is 16.8. The van der Waals surface area contributed by atoms with Crippen molar-refractivity contribution in [3.8, 4) is 56.7 Å². The average Bonchev–Trinajstić information content (AvgIpc) is 3.98. The van der Waals surface area contributed by atoms with Crippen molar-refractivity contribution in [3.05, 3.63) is 200 Å². The molecule has 0 unspecified atom stereocenters. The van der Waals surface area contributed by atoms with E-state index in [1.165, 1.54) is 0 Å². The van der Waals surface area contributed by atoms with Gasteiger partial charge in [-0.25, -0.2) is 4.98 Å². The highest BCUT2D eigenvalue weighted by molar-refractivity contribution is 6.11. The summed E-state index contributed by atoms with van der Waals surface area (Å²) >= 11 is 0. The van der Waals surface area contributed by atoms with Crippen molar-refractivity contribution in [3.63, 3.8) is 0 Å². The molecule has 5 heteroatoms. The van der Waals surface area contributed by atoms with Gasteiger partial charge in [-0.3, -0.25) is 4.57 Å². The van der Waals surface area contributed by atoms with Crippen LogP contribution >= 0.6 is 0 Å². The molecule has 0 spiro atoms. The van der Waals surface area contributed by atoms with Crippen molar-refractivity contribution < 1.29 is 28.8 Å². The average molecular weight is 737 g/mol. The van der Waals surface area contributed by atoms with Gasteiger partial charge in [0.25, 0.3) is 0 Å². The second kappa shape index (κ2) is 13.0. The number of nitrogens with zero attached hydrogens (tertiary/aromatic N) is 5. The van der Waals surface area contributed by atoms with Gasteiger partial charge in [-0.1, -0.05) is 163 Å². The maximum Gasteiger partial charge on any atom is 0.238 e.